The Hall–Kier alpha value is -2.82. The van der Waals surface area contributed by atoms with Gasteiger partial charge in [0.1, 0.15) is 5.78 Å². The first-order valence-electron chi connectivity index (χ1n) is 8.46. The maximum Gasteiger partial charge on any atom is 0.248 e. The molecule has 1 aromatic rings. The maximum absolute atomic E-state index is 12.2. The maximum atomic E-state index is 12.2. The van der Waals surface area contributed by atoms with Crippen molar-refractivity contribution in [2.75, 3.05) is 0 Å². The summed E-state index contributed by atoms with van der Waals surface area (Å²) in [4.78, 5) is 46.1. The number of allylic oxidation sites excluding steroid dienone is 3. The van der Waals surface area contributed by atoms with E-state index < -0.39 is 11.3 Å². The molecule has 138 valence electrons. The van der Waals surface area contributed by atoms with Crippen LogP contribution in [0.1, 0.15) is 56.0 Å². The highest BCUT2D eigenvalue weighted by Gasteiger charge is 2.24. The van der Waals surface area contributed by atoms with Gasteiger partial charge in [-0.15, -0.1) is 0 Å². The molecule has 0 aliphatic heterocycles. The highest BCUT2D eigenvalue weighted by Crippen LogP contribution is 2.25. The van der Waals surface area contributed by atoms with Crippen LogP contribution < -0.4 is 5.73 Å². The van der Waals surface area contributed by atoms with E-state index in [9.17, 15) is 19.2 Å². The van der Waals surface area contributed by atoms with E-state index in [4.69, 9.17) is 5.73 Å². The number of carbonyl (C=O) groups is 4. The molecule has 0 saturated heterocycles. The standard InChI is InChI=1S/C21H25NO4/c1-15(23)5-4-14-21(2,3)19(25)13-12-18(24)11-8-16-6-9-17(10-7-16)20(22)26/h6-13H,4-5,14H2,1-3H3,(H2,22,26)/b11-8+,13-12+. The fourth-order valence-electron chi connectivity index (χ4n) is 2.28. The van der Waals surface area contributed by atoms with E-state index in [-0.39, 0.29) is 17.3 Å². The molecule has 0 aliphatic rings. The summed E-state index contributed by atoms with van der Waals surface area (Å²) in [5.41, 5.74) is 5.69. The summed E-state index contributed by atoms with van der Waals surface area (Å²) in [7, 11) is 0. The number of rotatable bonds is 10. The molecular weight excluding hydrogens is 330 g/mol. The molecule has 0 spiro atoms. The van der Waals surface area contributed by atoms with Crippen molar-refractivity contribution >= 4 is 29.3 Å². The van der Waals surface area contributed by atoms with E-state index >= 15 is 0 Å². The van der Waals surface area contributed by atoms with Crippen LogP contribution in [0.5, 0.6) is 0 Å². The fourth-order valence-corrected chi connectivity index (χ4v) is 2.28. The highest BCUT2D eigenvalue weighted by atomic mass is 16.1. The van der Waals surface area contributed by atoms with E-state index in [0.717, 1.165) is 5.56 Å². The number of benzene rings is 1. The van der Waals surface area contributed by atoms with Crippen LogP contribution >= 0.6 is 0 Å². The van der Waals surface area contributed by atoms with E-state index in [0.29, 0.717) is 24.8 Å². The van der Waals surface area contributed by atoms with Gasteiger partial charge in [-0.1, -0.05) is 32.1 Å². The molecule has 0 radical (unpaired) electrons. The summed E-state index contributed by atoms with van der Waals surface area (Å²) < 4.78 is 0. The zero-order valence-electron chi connectivity index (χ0n) is 15.5. The molecular formula is C21H25NO4. The first-order chi connectivity index (χ1) is 12.1. The zero-order chi connectivity index (χ0) is 19.7. The molecule has 0 saturated carbocycles. The largest absolute Gasteiger partial charge is 0.366 e. The van der Waals surface area contributed by atoms with Crippen molar-refractivity contribution in [3.05, 3.63) is 53.6 Å². The minimum Gasteiger partial charge on any atom is -0.366 e. The summed E-state index contributed by atoms with van der Waals surface area (Å²) in [5, 5.41) is 0. The number of hydrogen-bond donors (Lipinski definition) is 1. The minimum atomic E-state index is -0.611. The Morgan fingerprint density at radius 3 is 2.15 bits per heavy atom. The van der Waals surface area contributed by atoms with Crippen molar-refractivity contribution in [2.24, 2.45) is 11.1 Å². The lowest BCUT2D eigenvalue weighted by Gasteiger charge is -2.20. The van der Waals surface area contributed by atoms with Crippen molar-refractivity contribution in [3.63, 3.8) is 0 Å². The summed E-state index contributed by atoms with van der Waals surface area (Å²) >= 11 is 0. The van der Waals surface area contributed by atoms with Gasteiger partial charge in [0, 0.05) is 17.4 Å². The van der Waals surface area contributed by atoms with Gasteiger partial charge in [0.2, 0.25) is 5.91 Å². The number of carbonyl (C=O) groups excluding carboxylic acids is 4. The molecule has 0 heterocycles. The summed E-state index contributed by atoms with van der Waals surface area (Å²) in [6, 6.07) is 6.51. The normalized spacial score (nSPS) is 11.8. The minimum absolute atomic E-state index is 0.105. The Labute approximate surface area is 154 Å². The Balaban J connectivity index is 2.61. The number of primary amides is 1. The first-order valence-corrected chi connectivity index (χ1v) is 8.46. The second-order valence-corrected chi connectivity index (χ2v) is 6.86. The second-order valence-electron chi connectivity index (χ2n) is 6.86. The van der Waals surface area contributed by atoms with Gasteiger partial charge in [0.25, 0.3) is 0 Å². The van der Waals surface area contributed by atoms with Gasteiger partial charge < -0.3 is 10.5 Å². The van der Waals surface area contributed by atoms with Crippen LogP contribution in [0.25, 0.3) is 6.08 Å². The average molecular weight is 355 g/mol. The second kappa shape index (κ2) is 9.61. The molecule has 0 bridgehead atoms. The Kier molecular flexibility index (Phi) is 7.84. The molecule has 5 heteroatoms. The molecule has 0 atom stereocenters. The lowest BCUT2D eigenvalue weighted by Crippen LogP contribution is -2.22. The van der Waals surface area contributed by atoms with Crippen LogP contribution in [0.15, 0.2) is 42.5 Å². The van der Waals surface area contributed by atoms with Crippen molar-refractivity contribution in [1.82, 2.24) is 0 Å². The molecule has 0 fully saturated rings. The van der Waals surface area contributed by atoms with Gasteiger partial charge in [0.05, 0.1) is 0 Å². The number of nitrogens with two attached hydrogens (primary N) is 1. The molecule has 0 aromatic heterocycles. The van der Waals surface area contributed by atoms with Crippen LogP contribution in [0.4, 0.5) is 0 Å². The average Bonchev–Trinajstić information content (AvgIpc) is 2.57. The Morgan fingerprint density at radius 2 is 1.62 bits per heavy atom. The summed E-state index contributed by atoms with van der Waals surface area (Å²) in [5.74, 6) is -0.859. The molecule has 0 unspecified atom stereocenters. The topological polar surface area (TPSA) is 94.3 Å². The predicted molar refractivity (Wildman–Crippen MR) is 101 cm³/mol. The van der Waals surface area contributed by atoms with Gasteiger partial charge in [-0.25, -0.2) is 0 Å². The predicted octanol–water partition coefficient (Wildman–Crippen LogP) is 3.28. The van der Waals surface area contributed by atoms with Crippen LogP contribution in [-0.2, 0) is 14.4 Å². The third kappa shape index (κ3) is 7.38. The molecule has 5 nitrogen and oxygen atoms in total. The van der Waals surface area contributed by atoms with Crippen molar-refractivity contribution < 1.29 is 19.2 Å². The molecule has 2 N–H and O–H groups in total. The van der Waals surface area contributed by atoms with Gasteiger partial charge in [-0.2, -0.15) is 0 Å². The van der Waals surface area contributed by atoms with E-state index in [1.165, 1.54) is 25.2 Å². The molecule has 26 heavy (non-hydrogen) atoms. The van der Waals surface area contributed by atoms with Gasteiger partial charge in [-0.05, 0) is 55.7 Å². The smallest absolute Gasteiger partial charge is 0.248 e. The van der Waals surface area contributed by atoms with Gasteiger partial charge in [0.15, 0.2) is 11.6 Å². The van der Waals surface area contributed by atoms with Crippen molar-refractivity contribution in [1.29, 1.82) is 0 Å². The van der Waals surface area contributed by atoms with Crippen LogP contribution in [0, 0.1) is 5.41 Å². The van der Waals surface area contributed by atoms with Crippen LogP contribution in [0.2, 0.25) is 0 Å². The Bertz CT molecular complexity index is 740. The zero-order valence-corrected chi connectivity index (χ0v) is 15.5. The molecule has 0 aliphatic carbocycles. The first kappa shape index (κ1) is 21.2. The van der Waals surface area contributed by atoms with Gasteiger partial charge >= 0.3 is 0 Å². The molecule has 1 aromatic carbocycles. The lowest BCUT2D eigenvalue weighted by atomic mass is 9.82. The Morgan fingerprint density at radius 1 is 1.00 bits per heavy atom. The van der Waals surface area contributed by atoms with E-state index in [1.54, 1.807) is 44.2 Å². The third-order valence-corrected chi connectivity index (χ3v) is 4.03. The molecule has 1 rings (SSSR count). The highest BCUT2D eigenvalue weighted by molar-refractivity contribution is 6.07. The third-order valence-electron chi connectivity index (χ3n) is 4.03. The van der Waals surface area contributed by atoms with Crippen molar-refractivity contribution in [2.45, 2.75) is 40.0 Å². The number of ketones is 3. The SMILES string of the molecule is CC(=O)CCCC(C)(C)C(=O)/C=C/C(=O)/C=C/c1ccc(C(N)=O)cc1. The van der Waals surface area contributed by atoms with Crippen molar-refractivity contribution in [3.8, 4) is 0 Å². The summed E-state index contributed by atoms with van der Waals surface area (Å²) in [6.45, 7) is 5.14. The van der Waals surface area contributed by atoms with Crippen LogP contribution in [-0.4, -0.2) is 23.3 Å². The monoisotopic (exact) mass is 355 g/mol. The summed E-state index contributed by atoms with van der Waals surface area (Å²) in [6.07, 6.45) is 7.17. The van der Waals surface area contributed by atoms with E-state index in [1.807, 2.05) is 0 Å². The number of Topliss-reactive ketones (excluding diaryl/α,β-unsaturated/α-hetero) is 1. The van der Waals surface area contributed by atoms with E-state index in [2.05, 4.69) is 0 Å². The quantitative estimate of drug-likeness (QED) is 0.652. The number of amides is 1. The number of hydrogen-bond acceptors (Lipinski definition) is 4. The molecule has 1 amide bonds. The lowest BCUT2D eigenvalue weighted by molar-refractivity contribution is -0.123. The van der Waals surface area contributed by atoms with Crippen LogP contribution in [0.3, 0.4) is 0 Å². The fraction of sp³-hybridized carbons (Fsp3) is 0.333. The van der Waals surface area contributed by atoms with Gasteiger partial charge in [-0.3, -0.25) is 14.4 Å².